The van der Waals surface area contributed by atoms with E-state index in [1.807, 2.05) is 13.0 Å². The molecule has 10 nitrogen and oxygen atoms in total. The number of ether oxygens (including phenoxy) is 3. The van der Waals surface area contributed by atoms with E-state index in [1.165, 1.54) is 12.0 Å². The number of carbonyl (C=O) groups excluding carboxylic acids is 2. The van der Waals surface area contributed by atoms with Crippen molar-refractivity contribution in [2.75, 3.05) is 27.4 Å². The molecule has 0 aliphatic heterocycles. The molecule has 1 amide bonds. The van der Waals surface area contributed by atoms with Crippen molar-refractivity contribution in [2.24, 2.45) is 13.0 Å². The van der Waals surface area contributed by atoms with Crippen LogP contribution in [0.1, 0.15) is 49.9 Å². The smallest absolute Gasteiger partial charge is 0.409 e. The van der Waals surface area contributed by atoms with Gasteiger partial charge in [-0.1, -0.05) is 5.21 Å². The van der Waals surface area contributed by atoms with Crippen molar-refractivity contribution in [2.45, 2.75) is 58.2 Å². The minimum Gasteiger partial charge on any atom is -0.489 e. The number of halogens is 1. The molecule has 0 spiro atoms. The third-order valence-corrected chi connectivity index (χ3v) is 6.20. The molecular weight excluding hydrogens is 457 g/mol. The largest absolute Gasteiger partial charge is 0.489 e. The molecule has 0 bridgehead atoms. The number of methoxy groups -OCH3 is 1. The number of hydrogen-bond donors (Lipinski definition) is 0. The summed E-state index contributed by atoms with van der Waals surface area (Å²) in [6.45, 7) is 1.84. The number of aryl methyl sites for hydroxylation is 2. The monoisotopic (exact) mass is 491 g/mol. The number of amides is 1. The lowest BCUT2D eigenvalue weighted by Crippen LogP contribution is -2.30. The van der Waals surface area contributed by atoms with Gasteiger partial charge >= 0.3 is 12.1 Å². The van der Waals surface area contributed by atoms with Gasteiger partial charge in [-0.05, 0) is 57.6 Å². The highest BCUT2D eigenvalue weighted by atomic mass is 19.1. The molecule has 0 aromatic carbocycles. The standard InChI is InChI=1S/C24H34FN5O5/c1-16-21(35-18-9-7-8-17(14-18)23(31)33-4)11-10-19(26-16)22-20(30(3)28-27-22)15-34-24(32)29(2)13-6-5-12-25/h10-11,17-18H,5-9,12-15H2,1-4H3/t17-,18-/m0/s1. The fourth-order valence-electron chi connectivity index (χ4n) is 4.13. The van der Waals surface area contributed by atoms with Gasteiger partial charge < -0.3 is 19.1 Å². The van der Waals surface area contributed by atoms with Crippen LogP contribution in [0.15, 0.2) is 12.1 Å². The highest BCUT2D eigenvalue weighted by Crippen LogP contribution is 2.31. The van der Waals surface area contributed by atoms with Crippen molar-refractivity contribution >= 4 is 12.1 Å². The van der Waals surface area contributed by atoms with E-state index in [9.17, 15) is 14.0 Å². The third kappa shape index (κ3) is 6.89. The molecule has 0 saturated heterocycles. The van der Waals surface area contributed by atoms with E-state index in [0.29, 0.717) is 54.3 Å². The Labute approximate surface area is 204 Å². The Morgan fingerprint density at radius 3 is 2.77 bits per heavy atom. The minimum atomic E-state index is -0.498. The summed E-state index contributed by atoms with van der Waals surface area (Å²) >= 11 is 0. The van der Waals surface area contributed by atoms with Gasteiger partial charge in [-0.3, -0.25) is 9.18 Å². The lowest BCUT2D eigenvalue weighted by Gasteiger charge is -2.28. The molecule has 2 aromatic rings. The Kier molecular flexibility index (Phi) is 9.39. The van der Waals surface area contributed by atoms with Crippen LogP contribution in [0.2, 0.25) is 0 Å². The van der Waals surface area contributed by atoms with Crippen molar-refractivity contribution in [3.05, 3.63) is 23.5 Å². The Morgan fingerprint density at radius 2 is 2.06 bits per heavy atom. The molecule has 1 saturated carbocycles. The van der Waals surface area contributed by atoms with Gasteiger partial charge in [-0.15, -0.1) is 5.10 Å². The van der Waals surface area contributed by atoms with Crippen LogP contribution >= 0.6 is 0 Å². The minimum absolute atomic E-state index is 0.0267. The second kappa shape index (κ2) is 12.5. The van der Waals surface area contributed by atoms with Crippen LogP contribution in [0.25, 0.3) is 11.4 Å². The van der Waals surface area contributed by atoms with Gasteiger partial charge in [-0.25, -0.2) is 14.5 Å². The van der Waals surface area contributed by atoms with Gasteiger partial charge in [0.15, 0.2) is 0 Å². The normalized spacial score (nSPS) is 17.6. The average molecular weight is 492 g/mol. The topological polar surface area (TPSA) is 109 Å². The summed E-state index contributed by atoms with van der Waals surface area (Å²) in [7, 11) is 4.75. The number of hydrogen-bond acceptors (Lipinski definition) is 8. The maximum Gasteiger partial charge on any atom is 0.409 e. The SMILES string of the molecule is COC(=O)[C@H]1CCC[C@H](Oc2ccc(-c3nnn(C)c3COC(=O)N(C)CCCCF)nc2C)C1. The van der Waals surface area contributed by atoms with Crippen LogP contribution in [0, 0.1) is 12.8 Å². The maximum absolute atomic E-state index is 12.3. The second-order valence-corrected chi connectivity index (χ2v) is 8.79. The molecule has 0 N–H and O–H groups in total. The molecule has 2 aromatic heterocycles. The summed E-state index contributed by atoms with van der Waals surface area (Å²) in [5, 5.41) is 8.27. The predicted molar refractivity (Wildman–Crippen MR) is 125 cm³/mol. The van der Waals surface area contributed by atoms with Gasteiger partial charge in [0, 0.05) is 20.6 Å². The highest BCUT2D eigenvalue weighted by Gasteiger charge is 2.29. The zero-order valence-corrected chi connectivity index (χ0v) is 20.8. The number of esters is 1. The van der Waals surface area contributed by atoms with Gasteiger partial charge in [0.25, 0.3) is 0 Å². The Bertz CT molecular complexity index is 1010. The summed E-state index contributed by atoms with van der Waals surface area (Å²) in [4.78, 5) is 30.2. The first-order valence-corrected chi connectivity index (χ1v) is 11.9. The van der Waals surface area contributed by atoms with E-state index in [-0.39, 0.29) is 24.6 Å². The summed E-state index contributed by atoms with van der Waals surface area (Å²) in [5.41, 5.74) is 2.38. The Hall–Kier alpha value is -3.24. The Balaban J connectivity index is 1.65. The summed E-state index contributed by atoms with van der Waals surface area (Å²) < 4.78 is 30.3. The first kappa shape index (κ1) is 26.4. The number of carbonyl (C=O) groups is 2. The molecule has 3 rings (SSSR count). The first-order chi connectivity index (χ1) is 16.8. The first-order valence-electron chi connectivity index (χ1n) is 11.9. The molecule has 2 heterocycles. The molecule has 11 heteroatoms. The number of rotatable bonds is 10. The molecule has 0 radical (unpaired) electrons. The van der Waals surface area contributed by atoms with Crippen molar-refractivity contribution in [3.8, 4) is 17.1 Å². The van der Waals surface area contributed by atoms with Gasteiger partial charge in [0.05, 0.1) is 37.2 Å². The van der Waals surface area contributed by atoms with Crippen molar-refractivity contribution in [1.82, 2.24) is 24.9 Å². The summed E-state index contributed by atoms with van der Waals surface area (Å²) in [6, 6.07) is 3.63. The van der Waals surface area contributed by atoms with E-state index in [1.54, 1.807) is 24.8 Å². The average Bonchev–Trinajstić information content (AvgIpc) is 3.23. The van der Waals surface area contributed by atoms with E-state index >= 15 is 0 Å². The zero-order chi connectivity index (χ0) is 25.4. The Morgan fingerprint density at radius 1 is 1.26 bits per heavy atom. The number of nitrogens with zero attached hydrogens (tertiary/aromatic N) is 5. The summed E-state index contributed by atoms with van der Waals surface area (Å²) in [6.07, 6.45) is 3.62. The molecule has 1 aliphatic rings. The van der Waals surface area contributed by atoms with Gasteiger partial charge in [-0.2, -0.15) is 0 Å². The van der Waals surface area contributed by atoms with Crippen molar-refractivity contribution in [1.29, 1.82) is 0 Å². The highest BCUT2D eigenvalue weighted by molar-refractivity contribution is 5.72. The van der Waals surface area contributed by atoms with Crippen LogP contribution in [0.3, 0.4) is 0 Å². The molecule has 35 heavy (non-hydrogen) atoms. The van der Waals surface area contributed by atoms with Crippen LogP contribution in [0.4, 0.5) is 9.18 Å². The lowest BCUT2D eigenvalue weighted by atomic mass is 9.87. The molecule has 0 unspecified atom stereocenters. The van der Waals surface area contributed by atoms with E-state index in [4.69, 9.17) is 14.2 Å². The molecule has 1 fully saturated rings. The van der Waals surface area contributed by atoms with E-state index < -0.39 is 12.8 Å². The number of pyridine rings is 1. The fraction of sp³-hybridized carbons (Fsp3) is 0.625. The summed E-state index contributed by atoms with van der Waals surface area (Å²) in [5.74, 6) is 0.320. The quantitative estimate of drug-likeness (QED) is 0.366. The predicted octanol–water partition coefficient (Wildman–Crippen LogP) is 3.61. The second-order valence-electron chi connectivity index (χ2n) is 8.79. The van der Waals surface area contributed by atoms with E-state index in [2.05, 4.69) is 15.3 Å². The number of alkyl halides is 1. The molecule has 1 aliphatic carbocycles. The van der Waals surface area contributed by atoms with Crippen LogP contribution in [0.5, 0.6) is 5.75 Å². The molecular formula is C24H34FN5O5. The maximum atomic E-state index is 12.3. The van der Waals surface area contributed by atoms with Crippen LogP contribution in [-0.4, -0.2) is 70.4 Å². The van der Waals surface area contributed by atoms with Crippen molar-refractivity contribution < 1.29 is 28.2 Å². The molecule has 2 atom stereocenters. The van der Waals surface area contributed by atoms with E-state index in [0.717, 1.165) is 19.3 Å². The zero-order valence-electron chi connectivity index (χ0n) is 20.8. The number of unbranched alkanes of at least 4 members (excludes halogenated alkanes) is 1. The number of aromatic nitrogens is 4. The van der Waals surface area contributed by atoms with Gasteiger partial charge in [0.1, 0.15) is 23.7 Å². The lowest BCUT2D eigenvalue weighted by molar-refractivity contribution is -0.147. The third-order valence-electron chi connectivity index (χ3n) is 6.20. The fourth-order valence-corrected chi connectivity index (χ4v) is 4.13. The van der Waals surface area contributed by atoms with Crippen LogP contribution < -0.4 is 4.74 Å². The van der Waals surface area contributed by atoms with Crippen LogP contribution in [-0.2, 0) is 27.9 Å². The van der Waals surface area contributed by atoms with Gasteiger partial charge in [0.2, 0.25) is 0 Å². The van der Waals surface area contributed by atoms with Crippen molar-refractivity contribution in [3.63, 3.8) is 0 Å². The molecule has 192 valence electrons.